The van der Waals surface area contributed by atoms with Crippen LogP contribution in [0.1, 0.15) is 72.9 Å². The topological polar surface area (TPSA) is 32.3 Å². The highest BCUT2D eigenvalue weighted by atomic mass is 16.1. The summed E-state index contributed by atoms with van der Waals surface area (Å²) < 4.78 is 0. The molecule has 1 aliphatic heterocycles. The fraction of sp³-hybridized carbons (Fsp3) is 0.458. The fourth-order valence-corrected chi connectivity index (χ4v) is 4.05. The predicted octanol–water partition coefficient (Wildman–Crippen LogP) is 5.36. The third kappa shape index (κ3) is 4.91. The standard InChI is InChI=1S/C24H32N2O/c1-19(22-11-7-8-12-23(22)24(27)25-2)20-13-15-21(16-14-20)26-17-9-5-3-4-6-10-18-26/h7-8,11-16,19H,3-6,9-10,17-18H2,1-2H3,(H,25,27). The minimum Gasteiger partial charge on any atom is -0.372 e. The minimum absolute atomic E-state index is 0.0224. The van der Waals surface area contributed by atoms with Gasteiger partial charge in [-0.15, -0.1) is 0 Å². The SMILES string of the molecule is CNC(=O)c1ccccc1C(C)c1ccc(N2CCCCCCCC2)cc1. The molecule has 1 heterocycles. The highest BCUT2D eigenvalue weighted by molar-refractivity contribution is 5.95. The van der Waals surface area contributed by atoms with Crippen molar-refractivity contribution in [2.45, 2.75) is 51.4 Å². The molecule has 3 nitrogen and oxygen atoms in total. The molecule has 0 aliphatic carbocycles. The van der Waals surface area contributed by atoms with Crippen LogP contribution in [0.2, 0.25) is 0 Å². The Hall–Kier alpha value is -2.29. The molecule has 0 spiro atoms. The summed E-state index contributed by atoms with van der Waals surface area (Å²) in [6.07, 6.45) is 8.04. The zero-order chi connectivity index (χ0) is 19.1. The van der Waals surface area contributed by atoms with Crippen molar-refractivity contribution in [3.63, 3.8) is 0 Å². The van der Waals surface area contributed by atoms with Crippen molar-refractivity contribution in [1.29, 1.82) is 0 Å². The van der Waals surface area contributed by atoms with E-state index in [0.717, 1.165) is 24.2 Å². The second-order valence-electron chi connectivity index (χ2n) is 7.59. The smallest absolute Gasteiger partial charge is 0.251 e. The number of amides is 1. The summed E-state index contributed by atoms with van der Waals surface area (Å²) in [4.78, 5) is 14.7. The summed E-state index contributed by atoms with van der Waals surface area (Å²) in [6, 6.07) is 16.9. The van der Waals surface area contributed by atoms with Gasteiger partial charge in [0.1, 0.15) is 0 Å². The average molecular weight is 365 g/mol. The Morgan fingerprint density at radius 1 is 0.889 bits per heavy atom. The van der Waals surface area contributed by atoms with E-state index in [1.807, 2.05) is 18.2 Å². The Balaban J connectivity index is 1.77. The molecule has 0 aromatic heterocycles. The van der Waals surface area contributed by atoms with Gasteiger partial charge in [-0.3, -0.25) is 4.79 Å². The van der Waals surface area contributed by atoms with Crippen molar-refractivity contribution < 1.29 is 4.79 Å². The lowest BCUT2D eigenvalue weighted by Gasteiger charge is -2.25. The van der Waals surface area contributed by atoms with E-state index in [9.17, 15) is 4.79 Å². The van der Waals surface area contributed by atoms with Gasteiger partial charge in [-0.1, -0.05) is 62.9 Å². The van der Waals surface area contributed by atoms with Gasteiger partial charge in [-0.25, -0.2) is 0 Å². The first kappa shape index (κ1) is 19.5. The molecule has 27 heavy (non-hydrogen) atoms. The molecule has 1 fully saturated rings. The van der Waals surface area contributed by atoms with Crippen molar-refractivity contribution in [1.82, 2.24) is 5.32 Å². The molecular weight excluding hydrogens is 332 g/mol. The van der Waals surface area contributed by atoms with Crippen LogP contribution in [0.5, 0.6) is 0 Å². The summed E-state index contributed by atoms with van der Waals surface area (Å²) in [6.45, 7) is 4.50. The molecule has 1 N–H and O–H groups in total. The lowest BCUT2D eigenvalue weighted by Crippen LogP contribution is -2.25. The van der Waals surface area contributed by atoms with Crippen LogP contribution < -0.4 is 10.2 Å². The Kier molecular flexibility index (Phi) is 6.92. The zero-order valence-corrected chi connectivity index (χ0v) is 16.7. The van der Waals surface area contributed by atoms with Crippen molar-refractivity contribution in [2.24, 2.45) is 0 Å². The Labute approximate surface area is 163 Å². The van der Waals surface area contributed by atoms with Gasteiger partial charge in [-0.2, -0.15) is 0 Å². The highest BCUT2D eigenvalue weighted by Crippen LogP contribution is 2.29. The fourth-order valence-electron chi connectivity index (χ4n) is 4.05. The summed E-state index contributed by atoms with van der Waals surface area (Å²) in [5.74, 6) is 0.161. The van der Waals surface area contributed by atoms with E-state index in [2.05, 4.69) is 47.5 Å². The number of hydrogen-bond donors (Lipinski definition) is 1. The molecule has 1 amide bonds. The highest BCUT2D eigenvalue weighted by Gasteiger charge is 2.17. The van der Waals surface area contributed by atoms with Crippen molar-refractivity contribution in [3.05, 3.63) is 65.2 Å². The Morgan fingerprint density at radius 3 is 2.11 bits per heavy atom. The third-order valence-corrected chi connectivity index (χ3v) is 5.76. The van der Waals surface area contributed by atoms with E-state index >= 15 is 0 Å². The number of benzene rings is 2. The van der Waals surface area contributed by atoms with Crippen LogP contribution in [-0.4, -0.2) is 26.0 Å². The van der Waals surface area contributed by atoms with E-state index in [0.29, 0.717) is 0 Å². The average Bonchev–Trinajstić information content (AvgIpc) is 2.87. The summed E-state index contributed by atoms with van der Waals surface area (Å²) in [7, 11) is 1.68. The molecule has 1 saturated heterocycles. The number of rotatable bonds is 4. The minimum atomic E-state index is -0.0224. The molecule has 0 bridgehead atoms. The van der Waals surface area contributed by atoms with Gasteiger partial charge in [0.2, 0.25) is 0 Å². The normalized spacial score (nSPS) is 16.7. The van der Waals surface area contributed by atoms with E-state index in [1.54, 1.807) is 7.05 Å². The van der Waals surface area contributed by atoms with Gasteiger partial charge >= 0.3 is 0 Å². The van der Waals surface area contributed by atoms with Crippen LogP contribution in [0.3, 0.4) is 0 Å². The van der Waals surface area contributed by atoms with Gasteiger partial charge in [0.25, 0.3) is 5.91 Å². The maximum atomic E-state index is 12.2. The van der Waals surface area contributed by atoms with E-state index < -0.39 is 0 Å². The van der Waals surface area contributed by atoms with E-state index in [4.69, 9.17) is 0 Å². The molecule has 0 saturated carbocycles. The van der Waals surface area contributed by atoms with Gasteiger partial charge in [-0.05, 0) is 42.2 Å². The maximum absolute atomic E-state index is 12.2. The maximum Gasteiger partial charge on any atom is 0.251 e. The lowest BCUT2D eigenvalue weighted by atomic mass is 9.89. The quantitative estimate of drug-likeness (QED) is 0.792. The Bertz CT molecular complexity index is 728. The molecule has 3 rings (SSSR count). The third-order valence-electron chi connectivity index (χ3n) is 5.76. The second-order valence-corrected chi connectivity index (χ2v) is 7.59. The van der Waals surface area contributed by atoms with Crippen LogP contribution in [0.25, 0.3) is 0 Å². The van der Waals surface area contributed by atoms with Gasteiger partial charge in [0.15, 0.2) is 0 Å². The van der Waals surface area contributed by atoms with Gasteiger partial charge in [0, 0.05) is 37.3 Å². The molecule has 3 heteroatoms. The van der Waals surface area contributed by atoms with Crippen LogP contribution in [0, 0.1) is 0 Å². The molecule has 0 radical (unpaired) electrons. The lowest BCUT2D eigenvalue weighted by molar-refractivity contribution is 0.0962. The Morgan fingerprint density at radius 2 is 1.48 bits per heavy atom. The first-order valence-electron chi connectivity index (χ1n) is 10.4. The number of hydrogen-bond acceptors (Lipinski definition) is 2. The molecule has 144 valence electrons. The van der Waals surface area contributed by atoms with Crippen LogP contribution >= 0.6 is 0 Å². The zero-order valence-electron chi connectivity index (χ0n) is 16.7. The summed E-state index contributed by atoms with van der Waals surface area (Å²) >= 11 is 0. The first-order chi connectivity index (χ1) is 13.2. The molecule has 1 unspecified atom stereocenters. The molecule has 1 aliphatic rings. The van der Waals surface area contributed by atoms with Crippen LogP contribution in [0.4, 0.5) is 5.69 Å². The van der Waals surface area contributed by atoms with E-state index in [1.165, 1.54) is 49.8 Å². The van der Waals surface area contributed by atoms with Crippen LogP contribution in [-0.2, 0) is 0 Å². The van der Waals surface area contributed by atoms with Crippen molar-refractivity contribution in [3.8, 4) is 0 Å². The number of carbonyl (C=O) groups excluding carboxylic acids is 1. The largest absolute Gasteiger partial charge is 0.372 e. The monoisotopic (exact) mass is 364 g/mol. The first-order valence-corrected chi connectivity index (χ1v) is 10.4. The second kappa shape index (κ2) is 9.59. The van der Waals surface area contributed by atoms with Gasteiger partial charge < -0.3 is 10.2 Å². The van der Waals surface area contributed by atoms with E-state index in [-0.39, 0.29) is 11.8 Å². The van der Waals surface area contributed by atoms with Crippen molar-refractivity contribution >= 4 is 11.6 Å². The number of anilines is 1. The number of carbonyl (C=O) groups is 1. The number of nitrogens with one attached hydrogen (secondary N) is 1. The molecular formula is C24H32N2O. The molecule has 1 atom stereocenters. The summed E-state index contributed by atoms with van der Waals surface area (Å²) in [5.41, 5.74) is 4.41. The van der Waals surface area contributed by atoms with Gasteiger partial charge in [0.05, 0.1) is 0 Å². The van der Waals surface area contributed by atoms with Crippen molar-refractivity contribution in [2.75, 3.05) is 25.0 Å². The molecule has 2 aromatic rings. The number of nitrogens with zero attached hydrogens (tertiary/aromatic N) is 1. The predicted molar refractivity (Wildman–Crippen MR) is 114 cm³/mol. The summed E-state index contributed by atoms with van der Waals surface area (Å²) in [5, 5.41) is 2.75. The van der Waals surface area contributed by atoms with Crippen LogP contribution in [0.15, 0.2) is 48.5 Å². The molecule has 2 aromatic carbocycles.